The van der Waals surface area contributed by atoms with E-state index in [0.717, 1.165) is 5.56 Å². The van der Waals surface area contributed by atoms with E-state index in [-0.39, 0.29) is 6.61 Å². The van der Waals surface area contributed by atoms with Gasteiger partial charge in [-0.2, -0.15) is 0 Å². The molecule has 0 aliphatic rings. The SMILES string of the molecule is COCC(NC(=O)Nc1ccc(C)cc1Cl)C(=O)O. The molecule has 0 heterocycles. The number of benzene rings is 1. The molecule has 0 aromatic heterocycles. The second-order valence-electron chi connectivity index (χ2n) is 3.93. The minimum Gasteiger partial charge on any atom is -0.480 e. The second kappa shape index (κ2) is 6.96. The third-order valence-corrected chi connectivity index (χ3v) is 2.62. The standard InChI is InChI=1S/C12H15ClN2O4/c1-7-3-4-9(8(13)5-7)14-12(18)15-10(6-19-2)11(16)17/h3-5,10H,6H2,1-2H3,(H,16,17)(H2,14,15,18). The van der Waals surface area contributed by atoms with Crippen LogP contribution in [0.2, 0.25) is 5.02 Å². The highest BCUT2D eigenvalue weighted by molar-refractivity contribution is 6.33. The summed E-state index contributed by atoms with van der Waals surface area (Å²) in [5.41, 5.74) is 1.37. The Hall–Kier alpha value is -1.79. The summed E-state index contributed by atoms with van der Waals surface area (Å²) < 4.78 is 4.71. The lowest BCUT2D eigenvalue weighted by atomic mass is 10.2. The highest BCUT2D eigenvalue weighted by Crippen LogP contribution is 2.22. The number of carbonyl (C=O) groups excluding carboxylic acids is 1. The molecule has 0 fully saturated rings. The van der Waals surface area contributed by atoms with Crippen LogP contribution in [0.25, 0.3) is 0 Å². The summed E-state index contributed by atoms with van der Waals surface area (Å²) in [6.07, 6.45) is 0. The van der Waals surface area contributed by atoms with Crippen molar-refractivity contribution < 1.29 is 19.4 Å². The molecule has 1 rings (SSSR count). The molecular formula is C12H15ClN2O4. The number of hydrogen-bond donors (Lipinski definition) is 3. The highest BCUT2D eigenvalue weighted by atomic mass is 35.5. The van der Waals surface area contributed by atoms with Crippen LogP contribution < -0.4 is 10.6 Å². The number of aliphatic carboxylic acids is 1. The minimum absolute atomic E-state index is 0.121. The van der Waals surface area contributed by atoms with E-state index >= 15 is 0 Å². The number of halogens is 1. The summed E-state index contributed by atoms with van der Waals surface area (Å²) in [7, 11) is 1.35. The zero-order chi connectivity index (χ0) is 14.4. The molecule has 3 N–H and O–H groups in total. The molecule has 0 radical (unpaired) electrons. The predicted octanol–water partition coefficient (Wildman–Crippen LogP) is 1.87. The average Bonchev–Trinajstić information content (AvgIpc) is 2.32. The van der Waals surface area contributed by atoms with Crippen LogP contribution in [0.4, 0.5) is 10.5 Å². The Kier molecular flexibility index (Phi) is 5.59. The van der Waals surface area contributed by atoms with Crippen LogP contribution in [0.3, 0.4) is 0 Å². The molecule has 0 bridgehead atoms. The van der Waals surface area contributed by atoms with Gasteiger partial charge in [0.05, 0.1) is 17.3 Å². The molecule has 0 aliphatic heterocycles. The Morgan fingerprint density at radius 3 is 2.68 bits per heavy atom. The van der Waals surface area contributed by atoms with Crippen LogP contribution >= 0.6 is 11.6 Å². The van der Waals surface area contributed by atoms with E-state index in [2.05, 4.69) is 10.6 Å². The Balaban J connectivity index is 2.66. The molecule has 1 atom stereocenters. The van der Waals surface area contributed by atoms with Crippen LogP contribution in [0.1, 0.15) is 5.56 Å². The van der Waals surface area contributed by atoms with E-state index in [4.69, 9.17) is 21.4 Å². The molecule has 0 spiro atoms. The van der Waals surface area contributed by atoms with Crippen LogP contribution in [-0.2, 0) is 9.53 Å². The first-order chi connectivity index (χ1) is 8.93. The normalized spacial score (nSPS) is 11.7. The van der Waals surface area contributed by atoms with Gasteiger partial charge in [-0.1, -0.05) is 17.7 Å². The molecule has 0 aliphatic carbocycles. The van der Waals surface area contributed by atoms with Gasteiger partial charge in [0.15, 0.2) is 6.04 Å². The first-order valence-electron chi connectivity index (χ1n) is 5.49. The third-order valence-electron chi connectivity index (χ3n) is 2.31. The number of aryl methyl sites for hydroxylation is 1. The van der Waals surface area contributed by atoms with Gasteiger partial charge in [-0.3, -0.25) is 0 Å². The lowest BCUT2D eigenvalue weighted by Gasteiger charge is -2.14. The van der Waals surface area contributed by atoms with Crippen LogP contribution in [0.5, 0.6) is 0 Å². The molecule has 19 heavy (non-hydrogen) atoms. The monoisotopic (exact) mass is 286 g/mol. The summed E-state index contributed by atoms with van der Waals surface area (Å²) in [5, 5.41) is 14.0. The maximum atomic E-state index is 11.6. The first-order valence-corrected chi connectivity index (χ1v) is 5.87. The lowest BCUT2D eigenvalue weighted by molar-refractivity contribution is -0.140. The minimum atomic E-state index is -1.17. The summed E-state index contributed by atoms with van der Waals surface area (Å²) >= 11 is 5.95. The summed E-state index contributed by atoms with van der Waals surface area (Å²) in [5.74, 6) is -1.17. The van der Waals surface area contributed by atoms with Crippen molar-refractivity contribution in [2.24, 2.45) is 0 Å². The number of carboxylic acids is 1. The predicted molar refractivity (Wildman–Crippen MR) is 71.6 cm³/mol. The summed E-state index contributed by atoms with van der Waals surface area (Å²) in [6, 6.07) is 3.35. The number of urea groups is 1. The second-order valence-corrected chi connectivity index (χ2v) is 4.34. The van der Waals surface area contributed by atoms with Gasteiger partial charge in [0, 0.05) is 7.11 Å². The number of ether oxygens (including phenoxy) is 1. The number of carbonyl (C=O) groups is 2. The van der Waals surface area contributed by atoms with Crippen molar-refractivity contribution in [1.29, 1.82) is 0 Å². The smallest absolute Gasteiger partial charge is 0.328 e. The summed E-state index contributed by atoms with van der Waals surface area (Å²) in [4.78, 5) is 22.5. The van der Waals surface area contributed by atoms with Crippen LogP contribution in [0, 0.1) is 6.92 Å². The van der Waals surface area contributed by atoms with E-state index in [0.29, 0.717) is 10.7 Å². The fourth-order valence-electron chi connectivity index (χ4n) is 1.38. The van der Waals surface area contributed by atoms with Gasteiger partial charge in [0.25, 0.3) is 0 Å². The van der Waals surface area contributed by atoms with Crippen molar-refractivity contribution in [3.05, 3.63) is 28.8 Å². The first kappa shape index (κ1) is 15.3. The topological polar surface area (TPSA) is 87.7 Å². The van der Waals surface area contributed by atoms with Crippen molar-refractivity contribution in [2.75, 3.05) is 19.0 Å². The Morgan fingerprint density at radius 1 is 1.47 bits per heavy atom. The van der Waals surface area contributed by atoms with Gasteiger partial charge >= 0.3 is 12.0 Å². The zero-order valence-corrected chi connectivity index (χ0v) is 11.3. The van der Waals surface area contributed by atoms with Gasteiger partial charge in [-0.15, -0.1) is 0 Å². The Bertz CT molecular complexity index is 479. The molecule has 1 aromatic rings. The molecular weight excluding hydrogens is 272 g/mol. The number of amides is 2. The molecule has 7 heteroatoms. The van der Waals surface area contributed by atoms with Gasteiger partial charge < -0.3 is 20.5 Å². The molecule has 1 unspecified atom stereocenters. The highest BCUT2D eigenvalue weighted by Gasteiger charge is 2.19. The largest absolute Gasteiger partial charge is 0.480 e. The Morgan fingerprint density at radius 2 is 2.16 bits per heavy atom. The fraction of sp³-hybridized carbons (Fsp3) is 0.333. The number of rotatable bonds is 5. The summed E-state index contributed by atoms with van der Waals surface area (Å²) in [6.45, 7) is 1.75. The Labute approximate surface area is 115 Å². The number of methoxy groups -OCH3 is 1. The molecule has 0 saturated heterocycles. The molecule has 104 valence electrons. The number of hydrogen-bond acceptors (Lipinski definition) is 3. The number of nitrogens with one attached hydrogen (secondary N) is 2. The van der Waals surface area contributed by atoms with Gasteiger partial charge in [0.2, 0.25) is 0 Å². The van der Waals surface area contributed by atoms with Crippen molar-refractivity contribution in [3.8, 4) is 0 Å². The van der Waals surface area contributed by atoms with E-state index in [1.807, 2.05) is 6.92 Å². The molecule has 0 saturated carbocycles. The number of carboxylic acid groups (broad SMARTS) is 1. The maximum Gasteiger partial charge on any atom is 0.328 e. The molecule has 6 nitrogen and oxygen atoms in total. The fourth-order valence-corrected chi connectivity index (χ4v) is 1.66. The van der Waals surface area contributed by atoms with Crippen molar-refractivity contribution >= 4 is 29.3 Å². The van der Waals surface area contributed by atoms with E-state index in [1.54, 1.807) is 18.2 Å². The van der Waals surface area contributed by atoms with Crippen molar-refractivity contribution in [3.63, 3.8) is 0 Å². The van der Waals surface area contributed by atoms with E-state index in [1.165, 1.54) is 7.11 Å². The molecule has 2 amide bonds. The average molecular weight is 287 g/mol. The van der Waals surface area contributed by atoms with Crippen LogP contribution in [-0.4, -0.2) is 36.9 Å². The van der Waals surface area contributed by atoms with Crippen molar-refractivity contribution in [2.45, 2.75) is 13.0 Å². The quantitative estimate of drug-likeness (QED) is 0.771. The lowest BCUT2D eigenvalue weighted by Crippen LogP contribution is -2.45. The third kappa shape index (κ3) is 4.76. The molecule has 1 aromatic carbocycles. The van der Waals surface area contributed by atoms with E-state index in [9.17, 15) is 9.59 Å². The zero-order valence-electron chi connectivity index (χ0n) is 10.6. The van der Waals surface area contributed by atoms with Crippen molar-refractivity contribution in [1.82, 2.24) is 5.32 Å². The van der Waals surface area contributed by atoms with Crippen LogP contribution in [0.15, 0.2) is 18.2 Å². The van der Waals surface area contributed by atoms with Gasteiger partial charge in [-0.05, 0) is 24.6 Å². The van der Waals surface area contributed by atoms with Gasteiger partial charge in [-0.25, -0.2) is 9.59 Å². The van der Waals surface area contributed by atoms with Gasteiger partial charge in [0.1, 0.15) is 0 Å². The maximum absolute atomic E-state index is 11.6. The van der Waals surface area contributed by atoms with E-state index < -0.39 is 18.0 Å². The number of anilines is 1.